The second-order valence-corrected chi connectivity index (χ2v) is 6.84. The Hall–Kier alpha value is -2.88. The maximum absolute atomic E-state index is 12.1. The van der Waals surface area contributed by atoms with Gasteiger partial charge in [0, 0.05) is 23.0 Å². The van der Waals surface area contributed by atoms with Gasteiger partial charge in [0.25, 0.3) is 0 Å². The lowest BCUT2D eigenvalue weighted by atomic mass is 9.85. The fraction of sp³-hybridized carbons (Fsp3) is 0.200. The number of aryl methyl sites for hydroxylation is 1. The third-order valence-corrected chi connectivity index (χ3v) is 4.71. The van der Waals surface area contributed by atoms with Gasteiger partial charge in [-0.05, 0) is 38.5 Å². The first-order chi connectivity index (χ1) is 11.4. The maximum Gasteiger partial charge on any atom is 0.234 e. The highest BCUT2D eigenvalue weighted by atomic mass is 16.2. The second kappa shape index (κ2) is 5.06. The van der Waals surface area contributed by atoms with Crippen LogP contribution in [0.15, 0.2) is 48.7 Å². The minimum atomic E-state index is -0.512. The third kappa shape index (κ3) is 2.22. The van der Waals surface area contributed by atoms with Gasteiger partial charge in [0.05, 0.1) is 11.1 Å². The number of nitrogens with zero attached hydrogens (tertiary/aromatic N) is 1. The highest BCUT2D eigenvalue weighted by molar-refractivity contribution is 6.06. The van der Waals surface area contributed by atoms with Gasteiger partial charge in [-0.1, -0.05) is 35.9 Å². The lowest BCUT2D eigenvalue weighted by molar-refractivity contribution is -0.119. The van der Waals surface area contributed by atoms with Crippen molar-refractivity contribution in [3.8, 4) is 22.6 Å². The van der Waals surface area contributed by atoms with Crippen LogP contribution in [-0.2, 0) is 10.2 Å². The predicted molar refractivity (Wildman–Crippen MR) is 95.9 cm³/mol. The molecule has 4 rings (SSSR count). The van der Waals surface area contributed by atoms with E-state index < -0.39 is 5.41 Å². The number of fused-ring (bicyclic) bond motifs is 1. The average Bonchev–Trinajstić information content (AvgIpc) is 3.13. The van der Waals surface area contributed by atoms with Gasteiger partial charge in [-0.3, -0.25) is 4.79 Å². The van der Waals surface area contributed by atoms with E-state index >= 15 is 0 Å². The van der Waals surface area contributed by atoms with Crippen molar-refractivity contribution in [2.24, 2.45) is 0 Å². The average molecular weight is 317 g/mol. The van der Waals surface area contributed by atoms with Crippen molar-refractivity contribution < 1.29 is 4.79 Å². The smallest absolute Gasteiger partial charge is 0.234 e. The van der Waals surface area contributed by atoms with Crippen LogP contribution in [0.25, 0.3) is 22.6 Å². The fourth-order valence-corrected chi connectivity index (χ4v) is 3.06. The summed E-state index contributed by atoms with van der Waals surface area (Å²) in [4.78, 5) is 20.0. The SMILES string of the molecule is Cc1ccc(-c2nc(-c3ccc4c(c3)C(C)(C)C(=O)N4)c[nH]2)cc1. The van der Waals surface area contributed by atoms with Crippen molar-refractivity contribution in [3.05, 3.63) is 59.8 Å². The van der Waals surface area contributed by atoms with Crippen LogP contribution in [0.3, 0.4) is 0 Å². The van der Waals surface area contributed by atoms with Crippen LogP contribution in [0.2, 0.25) is 0 Å². The molecular weight excluding hydrogens is 298 g/mol. The van der Waals surface area contributed by atoms with Crippen LogP contribution in [0, 0.1) is 6.92 Å². The van der Waals surface area contributed by atoms with E-state index in [2.05, 4.69) is 47.6 Å². The number of aromatic nitrogens is 2. The molecule has 1 aliphatic heterocycles. The minimum absolute atomic E-state index is 0.0389. The second-order valence-electron chi connectivity index (χ2n) is 6.84. The van der Waals surface area contributed by atoms with E-state index in [1.165, 1.54) is 5.56 Å². The standard InChI is InChI=1S/C20H19N3O/c1-12-4-6-13(7-5-12)18-21-11-17(22-18)14-8-9-16-15(10-14)20(2,3)19(24)23-16/h4-11H,1-3H3,(H,21,22)(H,23,24). The summed E-state index contributed by atoms with van der Waals surface area (Å²) >= 11 is 0. The van der Waals surface area contributed by atoms with E-state index in [1.807, 2.05) is 32.2 Å². The Kier molecular flexibility index (Phi) is 3.10. The van der Waals surface area contributed by atoms with E-state index in [0.717, 1.165) is 33.9 Å². The summed E-state index contributed by atoms with van der Waals surface area (Å²) in [5, 5.41) is 2.94. The van der Waals surface area contributed by atoms with Crippen LogP contribution >= 0.6 is 0 Å². The number of benzene rings is 2. The maximum atomic E-state index is 12.1. The van der Waals surface area contributed by atoms with Gasteiger partial charge >= 0.3 is 0 Å². The molecular formula is C20H19N3O. The Balaban J connectivity index is 1.73. The minimum Gasteiger partial charge on any atom is -0.344 e. The molecule has 0 fully saturated rings. The first kappa shape index (κ1) is 14.7. The van der Waals surface area contributed by atoms with Gasteiger partial charge in [-0.2, -0.15) is 0 Å². The Morgan fingerprint density at radius 3 is 2.46 bits per heavy atom. The number of nitrogens with one attached hydrogen (secondary N) is 2. The normalized spacial score (nSPS) is 15.2. The summed E-state index contributed by atoms with van der Waals surface area (Å²) in [5.74, 6) is 0.885. The zero-order valence-electron chi connectivity index (χ0n) is 14.0. The van der Waals surface area contributed by atoms with Gasteiger partial charge < -0.3 is 10.3 Å². The number of carbonyl (C=O) groups is 1. The van der Waals surface area contributed by atoms with Crippen molar-refractivity contribution in [2.75, 3.05) is 5.32 Å². The van der Waals surface area contributed by atoms with Crippen molar-refractivity contribution in [3.63, 3.8) is 0 Å². The Morgan fingerprint density at radius 1 is 1.00 bits per heavy atom. The van der Waals surface area contributed by atoms with Gasteiger partial charge in [0.2, 0.25) is 5.91 Å². The molecule has 2 aromatic carbocycles. The van der Waals surface area contributed by atoms with Crippen LogP contribution in [0.4, 0.5) is 5.69 Å². The molecule has 24 heavy (non-hydrogen) atoms. The monoisotopic (exact) mass is 317 g/mol. The molecule has 120 valence electrons. The highest BCUT2D eigenvalue weighted by Gasteiger charge is 2.38. The molecule has 3 aromatic rings. The number of amides is 1. The number of hydrogen-bond acceptors (Lipinski definition) is 2. The van der Waals surface area contributed by atoms with E-state index in [0.29, 0.717) is 0 Å². The zero-order valence-corrected chi connectivity index (χ0v) is 14.0. The molecule has 1 aromatic heterocycles. The topological polar surface area (TPSA) is 57.8 Å². The predicted octanol–water partition coefficient (Wildman–Crippen LogP) is 4.28. The molecule has 0 unspecified atom stereocenters. The van der Waals surface area contributed by atoms with E-state index in [4.69, 9.17) is 4.98 Å². The first-order valence-electron chi connectivity index (χ1n) is 8.04. The van der Waals surface area contributed by atoms with E-state index in [9.17, 15) is 4.79 Å². The summed E-state index contributed by atoms with van der Waals surface area (Å²) in [6, 6.07) is 14.3. The van der Waals surface area contributed by atoms with Crippen LogP contribution in [-0.4, -0.2) is 15.9 Å². The molecule has 4 heteroatoms. The molecule has 1 amide bonds. The number of imidazole rings is 1. The van der Waals surface area contributed by atoms with E-state index in [-0.39, 0.29) is 5.91 Å². The third-order valence-electron chi connectivity index (χ3n) is 4.71. The molecule has 0 atom stereocenters. The van der Waals surface area contributed by atoms with Crippen LogP contribution < -0.4 is 5.32 Å². The lowest BCUT2D eigenvalue weighted by Gasteiger charge is -2.15. The summed E-state index contributed by atoms with van der Waals surface area (Å²) in [6.45, 7) is 5.96. The number of carbonyl (C=O) groups excluding carboxylic acids is 1. The Morgan fingerprint density at radius 2 is 1.71 bits per heavy atom. The van der Waals surface area contributed by atoms with Gasteiger partial charge in [0.1, 0.15) is 5.82 Å². The molecule has 1 aliphatic rings. The summed E-state index contributed by atoms with van der Waals surface area (Å²) < 4.78 is 0. The molecule has 0 saturated heterocycles. The molecule has 2 N–H and O–H groups in total. The number of rotatable bonds is 2. The molecule has 2 heterocycles. The van der Waals surface area contributed by atoms with E-state index in [1.54, 1.807) is 0 Å². The van der Waals surface area contributed by atoms with Crippen molar-refractivity contribution in [1.29, 1.82) is 0 Å². The summed E-state index contributed by atoms with van der Waals surface area (Å²) in [7, 11) is 0. The first-order valence-corrected chi connectivity index (χ1v) is 8.04. The molecule has 0 bridgehead atoms. The quantitative estimate of drug-likeness (QED) is 0.741. The van der Waals surface area contributed by atoms with Gasteiger partial charge in [-0.15, -0.1) is 0 Å². The fourth-order valence-electron chi connectivity index (χ4n) is 3.06. The number of aromatic amines is 1. The highest BCUT2D eigenvalue weighted by Crippen LogP contribution is 2.39. The zero-order chi connectivity index (χ0) is 16.9. The van der Waals surface area contributed by atoms with Crippen LogP contribution in [0.5, 0.6) is 0 Å². The lowest BCUT2D eigenvalue weighted by Crippen LogP contribution is -2.26. The number of H-pyrrole nitrogens is 1. The van der Waals surface area contributed by atoms with Crippen molar-refractivity contribution in [2.45, 2.75) is 26.2 Å². The van der Waals surface area contributed by atoms with Crippen LogP contribution in [0.1, 0.15) is 25.0 Å². The molecule has 4 nitrogen and oxygen atoms in total. The van der Waals surface area contributed by atoms with Gasteiger partial charge in [0.15, 0.2) is 0 Å². The molecule has 0 spiro atoms. The summed E-state index contributed by atoms with van der Waals surface area (Å²) in [5.41, 5.74) is 5.57. The number of anilines is 1. The summed E-state index contributed by atoms with van der Waals surface area (Å²) in [6.07, 6.45) is 1.91. The van der Waals surface area contributed by atoms with Gasteiger partial charge in [-0.25, -0.2) is 4.98 Å². The number of hydrogen-bond donors (Lipinski definition) is 2. The molecule has 0 saturated carbocycles. The molecule has 0 radical (unpaired) electrons. The Labute approximate surface area is 141 Å². The largest absolute Gasteiger partial charge is 0.344 e. The molecule has 0 aliphatic carbocycles. The van der Waals surface area contributed by atoms with Crippen molar-refractivity contribution in [1.82, 2.24) is 9.97 Å². The van der Waals surface area contributed by atoms with Crippen molar-refractivity contribution >= 4 is 11.6 Å². The Bertz CT molecular complexity index is 936.